The van der Waals surface area contributed by atoms with Crippen molar-refractivity contribution in [2.45, 2.75) is 89.0 Å². The number of amides is 7. The first kappa shape index (κ1) is 46.4. The molecule has 1 fully saturated rings. The van der Waals surface area contributed by atoms with Crippen LogP contribution in [0, 0.1) is 5.82 Å². The van der Waals surface area contributed by atoms with Crippen LogP contribution in [0.5, 0.6) is 0 Å². The molecule has 1 saturated heterocycles. The summed E-state index contributed by atoms with van der Waals surface area (Å²) in [5, 5.41) is 13.4. The third kappa shape index (κ3) is 10.8. The lowest BCUT2D eigenvalue weighted by molar-refractivity contribution is -0.138. The van der Waals surface area contributed by atoms with Gasteiger partial charge in [-0.1, -0.05) is 56.2 Å². The Morgan fingerprint density at radius 3 is 2.08 bits per heavy atom. The number of nitrogens with one attached hydrogen (secondary N) is 5. The molecule has 0 aliphatic carbocycles. The van der Waals surface area contributed by atoms with Gasteiger partial charge in [-0.15, -0.1) is 0 Å². The van der Waals surface area contributed by atoms with Crippen LogP contribution in [0.4, 0.5) is 23.2 Å². The Morgan fingerprint density at radius 1 is 0.738 bits per heavy atom. The first-order valence-corrected chi connectivity index (χ1v) is 21.7. The van der Waals surface area contributed by atoms with E-state index in [-0.39, 0.29) is 75.6 Å². The molecule has 3 aliphatic heterocycles. The van der Waals surface area contributed by atoms with Crippen LogP contribution < -0.4 is 26.6 Å². The van der Waals surface area contributed by atoms with Gasteiger partial charge in [0.2, 0.25) is 11.8 Å². The topological polar surface area (TPSA) is 183 Å². The largest absolute Gasteiger partial charge is 0.416 e. The van der Waals surface area contributed by atoms with Gasteiger partial charge in [-0.25, -0.2) is 4.39 Å². The van der Waals surface area contributed by atoms with E-state index in [1.807, 2.05) is 0 Å². The SMILES string of the molecule is O=C1CCC(N2Cc3cc(C(=O)NCCCCCCCCCCNC(=O)c4cc(NC(=O)c5cccc(C(F)(F)F)c5)c5c(c4)C(=O)N[C@H]5c4cc(F)ccc4Cl)ccc3C2=O)C(=O)N1. The van der Waals surface area contributed by atoms with Gasteiger partial charge >= 0.3 is 6.18 Å². The fraction of sp³-hybridized carbons (Fsp3) is 0.340. The van der Waals surface area contributed by atoms with Crippen LogP contribution in [0.1, 0.15) is 144 Å². The molecule has 0 radical (unpaired) electrons. The molecular weight excluding hydrogens is 872 g/mol. The minimum absolute atomic E-state index is 0.00381. The number of rotatable bonds is 17. The first-order valence-electron chi connectivity index (χ1n) is 21.4. The molecule has 65 heavy (non-hydrogen) atoms. The van der Waals surface area contributed by atoms with Gasteiger partial charge in [0.25, 0.3) is 29.5 Å². The molecule has 3 aliphatic rings. The number of hydrogen-bond donors (Lipinski definition) is 5. The van der Waals surface area contributed by atoms with E-state index in [2.05, 4.69) is 26.6 Å². The Kier molecular flexibility index (Phi) is 14.3. The van der Waals surface area contributed by atoms with Crippen LogP contribution in [0.2, 0.25) is 5.02 Å². The third-order valence-electron chi connectivity index (χ3n) is 11.7. The second kappa shape index (κ2) is 20.0. The lowest BCUT2D eigenvalue weighted by Gasteiger charge is -2.29. The predicted molar refractivity (Wildman–Crippen MR) is 231 cm³/mol. The molecule has 1 unspecified atom stereocenters. The van der Waals surface area contributed by atoms with Crippen LogP contribution in [0.3, 0.4) is 0 Å². The molecule has 0 bridgehead atoms. The van der Waals surface area contributed by atoms with Gasteiger partial charge in [0.15, 0.2) is 0 Å². The summed E-state index contributed by atoms with van der Waals surface area (Å²) in [6, 6.07) is 13.1. The maximum Gasteiger partial charge on any atom is 0.416 e. The summed E-state index contributed by atoms with van der Waals surface area (Å²) >= 11 is 6.38. The molecular formula is C47H45ClF4N6O7. The molecule has 2 atom stereocenters. The highest BCUT2D eigenvalue weighted by molar-refractivity contribution is 6.31. The molecule has 4 aromatic carbocycles. The molecule has 7 amide bonds. The molecule has 3 heterocycles. The van der Waals surface area contributed by atoms with Crippen LogP contribution in [0.15, 0.2) is 72.8 Å². The summed E-state index contributed by atoms with van der Waals surface area (Å²) in [5.41, 5.74) is 0.482. The average Bonchev–Trinajstić information content (AvgIpc) is 3.79. The second-order valence-corrected chi connectivity index (χ2v) is 16.6. The van der Waals surface area contributed by atoms with Crippen molar-refractivity contribution < 1.29 is 51.1 Å². The predicted octanol–water partition coefficient (Wildman–Crippen LogP) is 7.62. The lowest BCUT2D eigenvalue weighted by atomic mass is 9.94. The maximum atomic E-state index is 14.3. The Bertz CT molecular complexity index is 2570. The number of benzene rings is 4. The van der Waals surface area contributed by atoms with Crippen LogP contribution in [-0.4, -0.2) is 65.4 Å². The third-order valence-corrected chi connectivity index (χ3v) is 12.0. The maximum absolute atomic E-state index is 14.3. The Morgan fingerprint density at radius 2 is 1.40 bits per heavy atom. The molecule has 0 spiro atoms. The number of carbonyl (C=O) groups excluding carboxylic acids is 7. The van der Waals surface area contributed by atoms with Gasteiger partial charge in [-0.2, -0.15) is 13.2 Å². The van der Waals surface area contributed by atoms with Gasteiger partial charge in [0.05, 0.1) is 11.6 Å². The Balaban J connectivity index is 0.844. The van der Waals surface area contributed by atoms with Gasteiger partial charge in [-0.05, 0) is 91.6 Å². The number of hydrogen-bond acceptors (Lipinski definition) is 7. The fourth-order valence-electron chi connectivity index (χ4n) is 8.30. The molecule has 340 valence electrons. The van der Waals surface area contributed by atoms with Gasteiger partial charge < -0.3 is 26.2 Å². The minimum Gasteiger partial charge on any atom is -0.352 e. The highest BCUT2D eigenvalue weighted by Gasteiger charge is 2.40. The zero-order chi connectivity index (χ0) is 46.4. The summed E-state index contributed by atoms with van der Waals surface area (Å²) in [6.07, 6.45) is 2.73. The zero-order valence-corrected chi connectivity index (χ0v) is 35.7. The van der Waals surface area contributed by atoms with Crippen molar-refractivity contribution in [1.82, 2.24) is 26.2 Å². The van der Waals surface area contributed by atoms with E-state index >= 15 is 0 Å². The van der Waals surface area contributed by atoms with Gasteiger partial charge in [0, 0.05) is 75.7 Å². The van der Waals surface area contributed by atoms with Gasteiger partial charge in [0.1, 0.15) is 11.9 Å². The van der Waals surface area contributed by atoms with Crippen molar-refractivity contribution in [3.63, 3.8) is 0 Å². The molecule has 18 heteroatoms. The minimum atomic E-state index is -4.71. The van der Waals surface area contributed by atoms with Crippen molar-refractivity contribution in [2.75, 3.05) is 18.4 Å². The standard InChI is InChI=1S/C47H45ClF4N6O7/c48-35-15-13-31(49)24-33(35)40-39-34(44(63)57-40)22-28(23-36(39)55-43(62)26-10-9-11-30(21-26)47(50,51)52)42(61)54-19-8-6-4-2-1-3-5-7-18-53-41(60)27-12-14-32-29(20-27)25-58(46(32)65)37-16-17-38(59)56-45(37)64/h9-15,20-24,37,40H,1-8,16-19,25H2,(H,53,60)(H,54,61)(H,55,62)(H,57,63)(H,56,59,64)/t37?,40-/m0/s1. The number of halogens is 5. The zero-order valence-electron chi connectivity index (χ0n) is 35.0. The van der Waals surface area contributed by atoms with E-state index in [1.165, 1.54) is 29.2 Å². The second-order valence-electron chi connectivity index (χ2n) is 16.2. The highest BCUT2D eigenvalue weighted by atomic mass is 35.5. The van der Waals surface area contributed by atoms with Crippen molar-refractivity contribution in [2.24, 2.45) is 0 Å². The van der Waals surface area contributed by atoms with E-state index in [0.29, 0.717) is 42.3 Å². The number of nitrogens with zero attached hydrogens (tertiary/aromatic N) is 1. The van der Waals surface area contributed by atoms with Crippen LogP contribution in [0.25, 0.3) is 0 Å². The van der Waals surface area contributed by atoms with E-state index in [0.717, 1.165) is 69.2 Å². The number of piperidine rings is 1. The smallest absolute Gasteiger partial charge is 0.352 e. The molecule has 4 aromatic rings. The summed E-state index contributed by atoms with van der Waals surface area (Å²) < 4.78 is 54.7. The molecule has 7 rings (SSSR count). The van der Waals surface area contributed by atoms with Crippen molar-refractivity contribution in [3.8, 4) is 0 Å². The van der Waals surface area contributed by atoms with E-state index in [1.54, 1.807) is 18.2 Å². The van der Waals surface area contributed by atoms with Crippen LogP contribution in [-0.2, 0) is 22.3 Å². The number of imide groups is 1. The monoisotopic (exact) mass is 916 g/mol. The summed E-state index contributed by atoms with van der Waals surface area (Å²) in [7, 11) is 0. The van der Waals surface area contributed by atoms with Crippen molar-refractivity contribution in [1.29, 1.82) is 0 Å². The normalized spacial score (nSPS) is 16.7. The number of fused-ring (bicyclic) bond motifs is 2. The number of unbranched alkanes of at least 4 members (excludes halogenated alkanes) is 7. The number of carbonyl (C=O) groups is 7. The van der Waals surface area contributed by atoms with Crippen molar-refractivity contribution in [3.05, 3.63) is 134 Å². The highest BCUT2D eigenvalue weighted by Crippen LogP contribution is 2.40. The molecule has 0 aromatic heterocycles. The first-order chi connectivity index (χ1) is 31.1. The Hall–Kier alpha value is -6.62. The number of anilines is 1. The Labute approximate surface area is 376 Å². The van der Waals surface area contributed by atoms with Gasteiger partial charge in [-0.3, -0.25) is 38.9 Å². The quantitative estimate of drug-likeness (QED) is 0.0410. The van der Waals surface area contributed by atoms with Crippen LogP contribution >= 0.6 is 11.6 Å². The summed E-state index contributed by atoms with van der Waals surface area (Å²) in [4.78, 5) is 91.1. The van der Waals surface area contributed by atoms with E-state index in [9.17, 15) is 51.1 Å². The average molecular weight is 917 g/mol. The fourth-order valence-corrected chi connectivity index (χ4v) is 8.53. The van der Waals surface area contributed by atoms with Crippen molar-refractivity contribution >= 4 is 58.6 Å². The van der Waals surface area contributed by atoms with E-state index in [4.69, 9.17) is 11.6 Å². The lowest BCUT2D eigenvalue weighted by Crippen LogP contribution is -2.52. The number of alkyl halides is 3. The molecule has 5 N–H and O–H groups in total. The molecule has 0 saturated carbocycles. The summed E-state index contributed by atoms with van der Waals surface area (Å²) in [6.45, 7) is 0.985. The summed E-state index contributed by atoms with van der Waals surface area (Å²) in [5.74, 6) is -4.15. The molecule has 13 nitrogen and oxygen atoms in total. The van der Waals surface area contributed by atoms with E-state index < -0.39 is 53.3 Å².